The van der Waals surface area contributed by atoms with Crippen molar-refractivity contribution in [3.05, 3.63) is 12.7 Å². The van der Waals surface area contributed by atoms with Gasteiger partial charge in [0.25, 0.3) is 0 Å². The van der Waals surface area contributed by atoms with Gasteiger partial charge < -0.3 is 0 Å². The number of nitrogens with two attached hydrogens (primary N) is 1. The minimum Gasteiger partial charge on any atom is -0.271 e. The highest BCUT2D eigenvalue weighted by atomic mass is 32.2. The summed E-state index contributed by atoms with van der Waals surface area (Å²) in [5.74, 6) is 6.74. The van der Waals surface area contributed by atoms with Gasteiger partial charge in [0.15, 0.2) is 0 Å². The lowest BCUT2D eigenvalue weighted by atomic mass is 10.1. The third kappa shape index (κ3) is 3.19. The van der Waals surface area contributed by atoms with Crippen molar-refractivity contribution in [2.45, 2.75) is 42.1 Å². The van der Waals surface area contributed by atoms with Crippen LogP contribution in [0.5, 0.6) is 0 Å². The zero-order chi connectivity index (χ0) is 10.6. The Labute approximate surface area is 95.4 Å². The molecule has 0 aromatic carbocycles. The second-order valence-corrected chi connectivity index (χ2v) is 6.75. The van der Waals surface area contributed by atoms with E-state index < -0.39 is 0 Å². The molecule has 0 radical (unpaired) electrons. The van der Waals surface area contributed by atoms with Gasteiger partial charge in [-0.25, -0.2) is 0 Å². The van der Waals surface area contributed by atoms with Gasteiger partial charge in [-0.3, -0.25) is 11.3 Å². The summed E-state index contributed by atoms with van der Waals surface area (Å²) in [5, 5.41) is 2.10. The summed E-state index contributed by atoms with van der Waals surface area (Å²) in [4.78, 5) is 0. The van der Waals surface area contributed by atoms with Gasteiger partial charge in [0.05, 0.1) is 0 Å². The van der Waals surface area contributed by atoms with Crippen LogP contribution in [0.1, 0.15) is 20.3 Å². The first-order valence-electron chi connectivity index (χ1n) is 5.03. The highest BCUT2D eigenvalue weighted by molar-refractivity contribution is 8.07. The highest BCUT2D eigenvalue weighted by Gasteiger charge is 2.29. The molecule has 0 aromatic heterocycles. The predicted molar refractivity (Wildman–Crippen MR) is 68.7 cm³/mol. The molecule has 82 valence electrons. The highest BCUT2D eigenvalue weighted by Crippen LogP contribution is 2.37. The van der Waals surface area contributed by atoms with Crippen LogP contribution < -0.4 is 11.3 Å². The largest absolute Gasteiger partial charge is 0.271 e. The summed E-state index contributed by atoms with van der Waals surface area (Å²) in [6.07, 6.45) is 2.90. The number of thioether (sulfide) groups is 2. The van der Waals surface area contributed by atoms with Crippen LogP contribution in [0.4, 0.5) is 0 Å². The molecule has 1 rings (SSSR count). The third-order valence-electron chi connectivity index (χ3n) is 2.66. The smallest absolute Gasteiger partial charge is 0.0371 e. The molecule has 2 nitrogen and oxygen atoms in total. The molecule has 1 fully saturated rings. The fourth-order valence-electron chi connectivity index (χ4n) is 1.53. The van der Waals surface area contributed by atoms with E-state index >= 15 is 0 Å². The lowest BCUT2D eigenvalue weighted by Crippen LogP contribution is -2.46. The minimum absolute atomic E-state index is 0.375. The number of rotatable bonds is 4. The molecule has 0 amide bonds. The lowest BCUT2D eigenvalue weighted by molar-refractivity contribution is 0.529. The van der Waals surface area contributed by atoms with Crippen LogP contribution in [0.3, 0.4) is 0 Å². The van der Waals surface area contributed by atoms with Crippen LogP contribution in [-0.2, 0) is 0 Å². The van der Waals surface area contributed by atoms with Crippen LogP contribution >= 0.6 is 23.5 Å². The molecule has 4 atom stereocenters. The molecule has 1 aliphatic rings. The summed E-state index contributed by atoms with van der Waals surface area (Å²) in [6.45, 7) is 8.37. The van der Waals surface area contributed by atoms with E-state index in [9.17, 15) is 0 Å². The molecule has 1 aliphatic heterocycles. The van der Waals surface area contributed by atoms with E-state index in [-0.39, 0.29) is 0 Å². The molecule has 4 unspecified atom stereocenters. The maximum Gasteiger partial charge on any atom is 0.0371 e. The molecular formula is C10H20N2S2. The first kappa shape index (κ1) is 12.4. The summed E-state index contributed by atoms with van der Waals surface area (Å²) >= 11 is 4.11. The Hall–Kier alpha value is 0.360. The average molecular weight is 232 g/mol. The van der Waals surface area contributed by atoms with Gasteiger partial charge in [-0.15, -0.1) is 6.58 Å². The number of hydrazine groups is 1. The van der Waals surface area contributed by atoms with Gasteiger partial charge in [0.1, 0.15) is 0 Å². The van der Waals surface area contributed by atoms with Gasteiger partial charge >= 0.3 is 0 Å². The van der Waals surface area contributed by atoms with Crippen molar-refractivity contribution in [3.8, 4) is 0 Å². The van der Waals surface area contributed by atoms with Crippen LogP contribution in [0.15, 0.2) is 12.7 Å². The normalized spacial score (nSPS) is 35.2. The second-order valence-electron chi connectivity index (χ2n) is 3.72. The fraction of sp³-hybridized carbons (Fsp3) is 0.800. The zero-order valence-corrected chi connectivity index (χ0v) is 10.5. The van der Waals surface area contributed by atoms with Gasteiger partial charge in [-0.2, -0.15) is 23.5 Å². The van der Waals surface area contributed by atoms with E-state index in [0.717, 1.165) is 16.9 Å². The van der Waals surface area contributed by atoms with Crippen molar-refractivity contribution in [1.82, 2.24) is 5.43 Å². The molecule has 0 aliphatic carbocycles. The second kappa shape index (κ2) is 6.05. The first-order chi connectivity index (χ1) is 6.69. The Morgan fingerprint density at radius 1 is 1.57 bits per heavy atom. The number of nitrogens with one attached hydrogen (secondary N) is 1. The van der Waals surface area contributed by atoms with Crippen molar-refractivity contribution < 1.29 is 0 Å². The Morgan fingerprint density at radius 3 is 2.79 bits per heavy atom. The van der Waals surface area contributed by atoms with Crippen molar-refractivity contribution in [2.24, 2.45) is 5.84 Å². The van der Waals surface area contributed by atoms with Gasteiger partial charge in [-0.05, 0) is 6.42 Å². The van der Waals surface area contributed by atoms with Crippen molar-refractivity contribution in [2.75, 3.05) is 5.75 Å². The van der Waals surface area contributed by atoms with E-state index in [2.05, 4.69) is 49.4 Å². The van der Waals surface area contributed by atoms with Crippen LogP contribution in [0.25, 0.3) is 0 Å². The van der Waals surface area contributed by atoms with Crippen molar-refractivity contribution >= 4 is 23.5 Å². The van der Waals surface area contributed by atoms with Crippen molar-refractivity contribution in [1.29, 1.82) is 0 Å². The van der Waals surface area contributed by atoms with Crippen LogP contribution in [0, 0.1) is 0 Å². The number of hydrogen-bond donors (Lipinski definition) is 2. The maximum atomic E-state index is 5.55. The van der Waals surface area contributed by atoms with Crippen LogP contribution in [0.2, 0.25) is 0 Å². The SMILES string of the molecule is C=CCC(NN)C1CSC(C)C(C)S1. The topological polar surface area (TPSA) is 38.0 Å². The van der Waals surface area contributed by atoms with E-state index in [1.807, 2.05) is 6.08 Å². The molecule has 3 N–H and O–H groups in total. The predicted octanol–water partition coefficient (Wildman–Crippen LogP) is 2.02. The molecule has 0 spiro atoms. The first-order valence-corrected chi connectivity index (χ1v) is 7.02. The molecule has 0 bridgehead atoms. The molecule has 0 aromatic rings. The molecule has 4 heteroatoms. The van der Waals surface area contributed by atoms with Gasteiger partial charge in [-0.1, -0.05) is 19.9 Å². The zero-order valence-electron chi connectivity index (χ0n) is 8.90. The summed E-state index contributed by atoms with van der Waals surface area (Å²) in [6, 6.07) is 0.375. The molecule has 0 saturated carbocycles. The monoisotopic (exact) mass is 232 g/mol. The van der Waals surface area contributed by atoms with E-state index in [0.29, 0.717) is 11.3 Å². The molecule has 1 heterocycles. The maximum absolute atomic E-state index is 5.55. The minimum atomic E-state index is 0.375. The quantitative estimate of drug-likeness (QED) is 0.442. The fourth-order valence-corrected chi connectivity index (χ4v) is 4.65. The summed E-state index contributed by atoms with van der Waals surface area (Å²) in [5.41, 5.74) is 2.90. The Kier molecular flexibility index (Phi) is 5.38. The molecule has 1 saturated heterocycles. The van der Waals surface area contributed by atoms with Crippen molar-refractivity contribution in [3.63, 3.8) is 0 Å². The van der Waals surface area contributed by atoms with Gasteiger partial charge in [0, 0.05) is 27.5 Å². The summed E-state index contributed by atoms with van der Waals surface area (Å²) in [7, 11) is 0. The van der Waals surface area contributed by atoms with Crippen LogP contribution in [-0.4, -0.2) is 27.5 Å². The Morgan fingerprint density at radius 2 is 2.29 bits per heavy atom. The van der Waals surface area contributed by atoms with E-state index in [4.69, 9.17) is 5.84 Å². The third-order valence-corrected chi connectivity index (χ3v) is 6.21. The lowest BCUT2D eigenvalue weighted by Gasteiger charge is -2.35. The summed E-state index contributed by atoms with van der Waals surface area (Å²) < 4.78 is 0. The van der Waals surface area contributed by atoms with Gasteiger partial charge in [0.2, 0.25) is 0 Å². The number of hydrogen-bond acceptors (Lipinski definition) is 4. The average Bonchev–Trinajstić information content (AvgIpc) is 2.19. The van der Waals surface area contributed by atoms with E-state index in [1.54, 1.807) is 0 Å². The Bertz CT molecular complexity index is 187. The molecular weight excluding hydrogens is 212 g/mol. The molecule has 14 heavy (non-hydrogen) atoms. The Balaban J connectivity index is 2.47. The standard InChI is InChI=1S/C10H20N2S2/c1-4-5-9(12-11)10-6-13-7(2)8(3)14-10/h4,7-10,12H,1,5-6,11H2,2-3H3. The van der Waals surface area contributed by atoms with E-state index in [1.165, 1.54) is 5.75 Å².